The Hall–Kier alpha value is -1.44. The van der Waals surface area contributed by atoms with E-state index < -0.39 is 0 Å². The highest BCUT2D eigenvalue weighted by atomic mass is 32.1. The van der Waals surface area contributed by atoms with Crippen molar-refractivity contribution >= 4 is 23.0 Å². The van der Waals surface area contributed by atoms with Crippen molar-refractivity contribution in [2.24, 2.45) is 5.16 Å². The highest BCUT2D eigenvalue weighted by Crippen LogP contribution is 2.34. The fourth-order valence-corrected chi connectivity index (χ4v) is 4.41. The lowest BCUT2D eigenvalue weighted by Crippen LogP contribution is -2.39. The first kappa shape index (κ1) is 16.1. The molecule has 4 heterocycles. The molecule has 1 aromatic heterocycles. The quantitative estimate of drug-likeness (QED) is 0.880. The monoisotopic (exact) mass is 349 g/mol. The largest absolute Gasteiger partial charge is 0.387 e. The number of hydrogen-bond donors (Lipinski definition) is 1. The third-order valence-electron chi connectivity index (χ3n) is 4.97. The van der Waals surface area contributed by atoms with Crippen molar-refractivity contribution in [1.82, 2.24) is 10.2 Å². The molecule has 3 aliphatic rings. The molecule has 6 nitrogen and oxygen atoms in total. The van der Waals surface area contributed by atoms with Crippen LogP contribution in [0.4, 0.5) is 0 Å². The first-order valence-electron chi connectivity index (χ1n) is 8.62. The minimum Gasteiger partial charge on any atom is -0.387 e. The Morgan fingerprint density at radius 3 is 3.29 bits per heavy atom. The molecule has 2 fully saturated rings. The molecule has 1 N–H and O–H groups in total. The molecule has 1 aromatic rings. The summed E-state index contributed by atoms with van der Waals surface area (Å²) in [6, 6.07) is 4.24. The Morgan fingerprint density at radius 2 is 2.50 bits per heavy atom. The summed E-state index contributed by atoms with van der Waals surface area (Å²) >= 11 is 1.78. The maximum Gasteiger partial charge on any atom is 0.269 e. The SMILES string of the molecule is O=C(NC[C@@H]1CCCO1)C1=NO[C@@]2(CCN(Cc3cccs3)C2)C1. The first-order valence-corrected chi connectivity index (χ1v) is 9.50. The van der Waals surface area contributed by atoms with Gasteiger partial charge in [0.15, 0.2) is 5.60 Å². The summed E-state index contributed by atoms with van der Waals surface area (Å²) in [5.41, 5.74) is 0.208. The van der Waals surface area contributed by atoms with E-state index in [1.54, 1.807) is 11.3 Å². The van der Waals surface area contributed by atoms with Crippen molar-refractivity contribution in [3.63, 3.8) is 0 Å². The van der Waals surface area contributed by atoms with Crippen molar-refractivity contribution in [2.75, 3.05) is 26.2 Å². The minimum atomic E-state index is -0.312. The number of hydrogen-bond acceptors (Lipinski definition) is 6. The molecule has 1 spiro atoms. The molecule has 2 atom stereocenters. The van der Waals surface area contributed by atoms with Gasteiger partial charge in [0.1, 0.15) is 5.71 Å². The van der Waals surface area contributed by atoms with Crippen LogP contribution in [0.5, 0.6) is 0 Å². The molecule has 7 heteroatoms. The van der Waals surface area contributed by atoms with E-state index in [4.69, 9.17) is 9.57 Å². The molecule has 2 saturated heterocycles. The number of oxime groups is 1. The van der Waals surface area contributed by atoms with Crippen molar-refractivity contribution < 1.29 is 14.4 Å². The van der Waals surface area contributed by atoms with E-state index in [1.807, 2.05) is 0 Å². The Bertz CT molecular complexity index is 613. The second-order valence-corrected chi connectivity index (χ2v) is 7.91. The third-order valence-corrected chi connectivity index (χ3v) is 5.83. The summed E-state index contributed by atoms with van der Waals surface area (Å²) in [6.45, 7) is 4.13. The Balaban J connectivity index is 1.26. The molecule has 0 saturated carbocycles. The number of rotatable bonds is 5. The molecule has 3 aliphatic heterocycles. The van der Waals surface area contributed by atoms with Crippen LogP contribution >= 0.6 is 11.3 Å². The lowest BCUT2D eigenvalue weighted by molar-refractivity contribution is -0.115. The lowest BCUT2D eigenvalue weighted by atomic mass is 9.96. The van der Waals surface area contributed by atoms with Gasteiger partial charge in [0, 0.05) is 50.5 Å². The van der Waals surface area contributed by atoms with Crippen LogP contribution in [0.3, 0.4) is 0 Å². The summed E-state index contributed by atoms with van der Waals surface area (Å²) in [5.74, 6) is -0.112. The van der Waals surface area contributed by atoms with Crippen LogP contribution in [-0.2, 0) is 20.9 Å². The predicted octanol–water partition coefficient (Wildman–Crippen LogP) is 1.76. The molecule has 0 bridgehead atoms. The van der Waals surface area contributed by atoms with Crippen LogP contribution in [-0.4, -0.2) is 54.5 Å². The van der Waals surface area contributed by atoms with Crippen LogP contribution in [0.25, 0.3) is 0 Å². The number of carbonyl (C=O) groups excluding carboxylic acids is 1. The van der Waals surface area contributed by atoms with Gasteiger partial charge in [-0.05, 0) is 24.3 Å². The van der Waals surface area contributed by atoms with Gasteiger partial charge in [0.05, 0.1) is 6.10 Å². The lowest BCUT2D eigenvalue weighted by Gasteiger charge is -2.21. The van der Waals surface area contributed by atoms with Crippen molar-refractivity contribution in [1.29, 1.82) is 0 Å². The van der Waals surface area contributed by atoms with Crippen LogP contribution in [0.1, 0.15) is 30.6 Å². The number of nitrogens with one attached hydrogen (secondary N) is 1. The summed E-state index contributed by atoms with van der Waals surface area (Å²) in [4.78, 5) is 21.7. The topological polar surface area (TPSA) is 63.2 Å². The number of nitrogens with zero attached hydrogens (tertiary/aromatic N) is 2. The van der Waals surface area contributed by atoms with Crippen molar-refractivity contribution in [3.8, 4) is 0 Å². The molecule has 24 heavy (non-hydrogen) atoms. The minimum absolute atomic E-state index is 0.112. The zero-order valence-corrected chi connectivity index (χ0v) is 14.5. The first-order chi connectivity index (χ1) is 11.7. The van der Waals surface area contributed by atoms with Gasteiger partial charge in [0.2, 0.25) is 0 Å². The smallest absolute Gasteiger partial charge is 0.269 e. The maximum absolute atomic E-state index is 12.3. The number of ether oxygens (including phenoxy) is 1. The van der Waals surface area contributed by atoms with Gasteiger partial charge in [-0.3, -0.25) is 9.69 Å². The summed E-state index contributed by atoms with van der Waals surface area (Å²) in [6.07, 6.45) is 3.77. The molecule has 0 radical (unpaired) electrons. The zero-order chi connectivity index (χ0) is 16.4. The van der Waals surface area contributed by atoms with E-state index in [9.17, 15) is 4.79 Å². The molecular weight excluding hydrogens is 326 g/mol. The normalized spacial score (nSPS) is 29.8. The second kappa shape index (κ2) is 6.82. The van der Waals surface area contributed by atoms with E-state index in [-0.39, 0.29) is 17.6 Å². The van der Waals surface area contributed by atoms with Gasteiger partial charge in [-0.25, -0.2) is 0 Å². The molecular formula is C17H23N3O3S. The predicted molar refractivity (Wildman–Crippen MR) is 92.1 cm³/mol. The van der Waals surface area contributed by atoms with Crippen molar-refractivity contribution in [3.05, 3.63) is 22.4 Å². The Kier molecular flexibility index (Phi) is 4.56. The zero-order valence-electron chi connectivity index (χ0n) is 13.7. The highest BCUT2D eigenvalue weighted by molar-refractivity contribution is 7.09. The van der Waals surface area contributed by atoms with Gasteiger partial charge in [-0.1, -0.05) is 11.2 Å². The number of carbonyl (C=O) groups is 1. The van der Waals surface area contributed by atoms with E-state index >= 15 is 0 Å². The van der Waals surface area contributed by atoms with Crippen molar-refractivity contribution in [2.45, 2.75) is 43.9 Å². The Labute approximate surface area is 145 Å². The number of likely N-dealkylation sites (tertiary alicyclic amines) is 1. The van der Waals surface area contributed by atoms with Crippen LogP contribution in [0.15, 0.2) is 22.7 Å². The fourth-order valence-electron chi connectivity index (χ4n) is 3.66. The molecule has 4 rings (SSSR count). The van der Waals surface area contributed by atoms with E-state index in [0.29, 0.717) is 18.7 Å². The molecule has 130 valence electrons. The average molecular weight is 349 g/mol. The van der Waals surface area contributed by atoms with E-state index in [1.165, 1.54) is 4.88 Å². The Morgan fingerprint density at radius 1 is 1.54 bits per heavy atom. The molecule has 0 aliphatic carbocycles. The van der Waals surface area contributed by atoms with Gasteiger partial charge in [-0.2, -0.15) is 0 Å². The number of thiophene rings is 1. The third kappa shape index (κ3) is 3.48. The second-order valence-electron chi connectivity index (χ2n) is 6.87. The highest BCUT2D eigenvalue weighted by Gasteiger charge is 2.46. The summed E-state index contributed by atoms with van der Waals surface area (Å²) < 4.78 is 5.53. The average Bonchev–Trinajstić information content (AvgIpc) is 3.35. The van der Waals surface area contributed by atoms with Gasteiger partial charge in [0.25, 0.3) is 5.91 Å². The fraction of sp³-hybridized carbons (Fsp3) is 0.647. The molecule has 0 unspecified atom stereocenters. The van der Waals surface area contributed by atoms with Crippen LogP contribution in [0.2, 0.25) is 0 Å². The summed E-state index contributed by atoms with van der Waals surface area (Å²) in [5, 5.41) is 9.13. The molecule has 0 aromatic carbocycles. The van der Waals surface area contributed by atoms with Crippen LogP contribution in [0, 0.1) is 0 Å². The van der Waals surface area contributed by atoms with E-state index in [0.717, 1.165) is 45.5 Å². The van der Waals surface area contributed by atoms with Gasteiger partial charge in [-0.15, -0.1) is 11.3 Å². The van der Waals surface area contributed by atoms with Gasteiger partial charge >= 0.3 is 0 Å². The van der Waals surface area contributed by atoms with Crippen LogP contribution < -0.4 is 5.32 Å². The van der Waals surface area contributed by atoms with E-state index in [2.05, 4.69) is 32.9 Å². The standard InChI is InChI=1S/C17H23N3O3S/c21-16(18-10-13-3-1-7-22-13)15-9-17(23-19-15)5-6-20(12-17)11-14-4-2-8-24-14/h2,4,8,13H,1,3,5-7,9-12H2,(H,18,21)/t13-,17-/m0/s1. The molecule has 1 amide bonds. The maximum atomic E-state index is 12.3. The van der Waals surface area contributed by atoms with Gasteiger partial charge < -0.3 is 14.9 Å². The summed E-state index contributed by atoms with van der Waals surface area (Å²) in [7, 11) is 0. The number of amides is 1.